The molecule has 1 fully saturated rings. The number of rotatable bonds is 9. The highest BCUT2D eigenvalue weighted by molar-refractivity contribution is 5.71. The van der Waals surface area contributed by atoms with Crippen molar-refractivity contribution in [3.05, 3.63) is 83.2 Å². The van der Waals surface area contributed by atoms with E-state index in [0.29, 0.717) is 22.6 Å². The first-order valence-corrected chi connectivity index (χ1v) is 12.9. The molecule has 2 unspecified atom stereocenters. The van der Waals surface area contributed by atoms with Crippen LogP contribution in [0.1, 0.15) is 75.5 Å². The summed E-state index contributed by atoms with van der Waals surface area (Å²) in [5.74, 6) is -1.39. The van der Waals surface area contributed by atoms with Gasteiger partial charge in [-0.05, 0) is 60.4 Å². The molecule has 4 heteroatoms. The molecule has 0 N–H and O–H groups in total. The third-order valence-electron chi connectivity index (χ3n) is 7.23. The monoisotopic (exact) mass is 480 g/mol. The van der Waals surface area contributed by atoms with E-state index in [0.717, 1.165) is 25.0 Å². The maximum absolute atomic E-state index is 15.1. The molecule has 3 aromatic carbocycles. The summed E-state index contributed by atoms with van der Waals surface area (Å²) >= 11 is 0. The van der Waals surface area contributed by atoms with E-state index in [2.05, 4.69) is 6.92 Å². The van der Waals surface area contributed by atoms with Crippen LogP contribution in [-0.4, -0.2) is 6.61 Å². The van der Waals surface area contributed by atoms with Gasteiger partial charge in [-0.3, -0.25) is 0 Å². The second kappa shape index (κ2) is 11.9. The maximum Gasteiger partial charge on any atom is 0.166 e. The molecule has 186 valence electrons. The third kappa shape index (κ3) is 6.16. The molecule has 0 amide bonds. The molecular weight excluding hydrogens is 445 g/mol. The SMILES string of the molecule is CCCCCCCC1CCC(c2ccc(-c3ccc(-c4ccc(C)c(F)c4F)cc3)c(F)c2)OC1. The Morgan fingerprint density at radius 3 is 2.11 bits per heavy atom. The summed E-state index contributed by atoms with van der Waals surface area (Å²) in [5, 5.41) is 0. The fraction of sp³-hybridized carbons (Fsp3) is 0.419. The molecule has 2 atom stereocenters. The van der Waals surface area contributed by atoms with E-state index < -0.39 is 11.6 Å². The molecule has 0 aliphatic carbocycles. The highest BCUT2D eigenvalue weighted by Gasteiger charge is 2.23. The summed E-state index contributed by atoms with van der Waals surface area (Å²) in [5.41, 5.74) is 3.07. The Morgan fingerprint density at radius 2 is 1.46 bits per heavy atom. The molecule has 1 nitrogen and oxygen atoms in total. The fourth-order valence-corrected chi connectivity index (χ4v) is 5.00. The molecule has 0 radical (unpaired) electrons. The van der Waals surface area contributed by atoms with Crippen LogP contribution in [0.4, 0.5) is 13.2 Å². The topological polar surface area (TPSA) is 9.23 Å². The zero-order chi connectivity index (χ0) is 24.8. The first-order valence-electron chi connectivity index (χ1n) is 12.9. The Bertz CT molecular complexity index is 1110. The van der Waals surface area contributed by atoms with Crippen molar-refractivity contribution in [1.29, 1.82) is 0 Å². The molecule has 0 aromatic heterocycles. The van der Waals surface area contributed by atoms with Crippen molar-refractivity contribution in [3.63, 3.8) is 0 Å². The Morgan fingerprint density at radius 1 is 0.771 bits per heavy atom. The van der Waals surface area contributed by atoms with Gasteiger partial charge in [-0.25, -0.2) is 13.2 Å². The molecule has 0 spiro atoms. The normalized spacial score (nSPS) is 18.1. The van der Waals surface area contributed by atoms with Crippen molar-refractivity contribution in [2.75, 3.05) is 6.61 Å². The molecule has 1 saturated heterocycles. The molecule has 4 rings (SSSR count). The van der Waals surface area contributed by atoms with Gasteiger partial charge in [0.25, 0.3) is 0 Å². The summed E-state index contributed by atoms with van der Waals surface area (Å²) in [6.07, 6.45) is 9.69. The smallest absolute Gasteiger partial charge is 0.166 e. The van der Waals surface area contributed by atoms with E-state index in [9.17, 15) is 8.78 Å². The molecule has 1 aliphatic heterocycles. The second-order valence-corrected chi connectivity index (χ2v) is 9.84. The minimum atomic E-state index is -0.862. The number of aryl methyl sites for hydroxylation is 1. The van der Waals surface area contributed by atoms with Gasteiger partial charge in [-0.15, -0.1) is 0 Å². The number of hydrogen-bond acceptors (Lipinski definition) is 1. The van der Waals surface area contributed by atoms with E-state index >= 15 is 4.39 Å². The van der Waals surface area contributed by atoms with Crippen LogP contribution >= 0.6 is 0 Å². The standard InChI is InChI=1S/C31H35F3O/c1-3-4-5-6-7-8-22-10-18-29(35-20-22)25-15-17-26(28(32)19-25)23-11-13-24(14-12-23)27-16-9-21(2)30(33)31(27)34/h9,11-17,19,22,29H,3-8,10,18,20H2,1-2H3. The van der Waals surface area contributed by atoms with Gasteiger partial charge in [0.2, 0.25) is 0 Å². The average Bonchev–Trinajstić information content (AvgIpc) is 2.88. The van der Waals surface area contributed by atoms with Gasteiger partial charge in [0, 0.05) is 11.1 Å². The van der Waals surface area contributed by atoms with Gasteiger partial charge in [0.15, 0.2) is 11.6 Å². The van der Waals surface area contributed by atoms with E-state index in [1.54, 1.807) is 48.5 Å². The molecule has 0 bridgehead atoms. The Balaban J connectivity index is 1.38. The van der Waals surface area contributed by atoms with Crippen LogP contribution in [-0.2, 0) is 4.74 Å². The zero-order valence-electron chi connectivity index (χ0n) is 20.8. The van der Waals surface area contributed by atoms with E-state index in [1.165, 1.54) is 45.4 Å². The molecule has 1 heterocycles. The molecule has 0 saturated carbocycles. The lowest BCUT2D eigenvalue weighted by atomic mass is 9.90. The summed E-state index contributed by atoms with van der Waals surface area (Å²) in [7, 11) is 0. The van der Waals surface area contributed by atoms with Crippen LogP contribution in [0.5, 0.6) is 0 Å². The van der Waals surface area contributed by atoms with E-state index in [1.807, 2.05) is 6.07 Å². The third-order valence-corrected chi connectivity index (χ3v) is 7.23. The Kier molecular flexibility index (Phi) is 8.67. The Hall–Kier alpha value is -2.59. The summed E-state index contributed by atoms with van der Waals surface area (Å²) in [6, 6.07) is 15.3. The lowest BCUT2D eigenvalue weighted by Crippen LogP contribution is -2.20. The van der Waals surface area contributed by atoms with Crippen LogP contribution in [0.2, 0.25) is 0 Å². The van der Waals surface area contributed by atoms with Gasteiger partial charge < -0.3 is 4.74 Å². The number of unbranched alkanes of at least 4 members (excludes halogenated alkanes) is 4. The van der Waals surface area contributed by atoms with Gasteiger partial charge >= 0.3 is 0 Å². The first-order chi connectivity index (χ1) is 17.0. The summed E-state index contributed by atoms with van der Waals surface area (Å²) in [4.78, 5) is 0. The summed E-state index contributed by atoms with van der Waals surface area (Å²) < 4.78 is 49.5. The van der Waals surface area contributed by atoms with Crippen molar-refractivity contribution in [2.45, 2.75) is 71.3 Å². The van der Waals surface area contributed by atoms with Crippen LogP contribution in [0.3, 0.4) is 0 Å². The summed E-state index contributed by atoms with van der Waals surface area (Å²) in [6.45, 7) is 4.52. The molecule has 3 aromatic rings. The minimum Gasteiger partial charge on any atom is -0.373 e. The lowest BCUT2D eigenvalue weighted by molar-refractivity contribution is -0.0200. The lowest BCUT2D eigenvalue weighted by Gasteiger charge is -2.29. The van der Waals surface area contributed by atoms with E-state index in [-0.39, 0.29) is 23.0 Å². The van der Waals surface area contributed by atoms with Crippen LogP contribution in [0.15, 0.2) is 54.6 Å². The van der Waals surface area contributed by atoms with Gasteiger partial charge in [-0.2, -0.15) is 0 Å². The largest absolute Gasteiger partial charge is 0.373 e. The van der Waals surface area contributed by atoms with Gasteiger partial charge in [-0.1, -0.05) is 87.6 Å². The fourth-order valence-electron chi connectivity index (χ4n) is 5.00. The average molecular weight is 481 g/mol. The Labute approximate surface area is 207 Å². The predicted molar refractivity (Wildman–Crippen MR) is 137 cm³/mol. The quantitative estimate of drug-likeness (QED) is 0.277. The highest BCUT2D eigenvalue weighted by Crippen LogP contribution is 2.35. The van der Waals surface area contributed by atoms with Crippen molar-refractivity contribution in [2.24, 2.45) is 5.92 Å². The van der Waals surface area contributed by atoms with Crippen LogP contribution in [0, 0.1) is 30.3 Å². The number of benzene rings is 3. The molecular formula is C31H35F3O. The first kappa shape index (κ1) is 25.5. The van der Waals surface area contributed by atoms with Crippen molar-refractivity contribution in [1.82, 2.24) is 0 Å². The molecule has 1 aliphatic rings. The zero-order valence-corrected chi connectivity index (χ0v) is 20.8. The highest BCUT2D eigenvalue weighted by atomic mass is 19.2. The molecule has 35 heavy (non-hydrogen) atoms. The van der Waals surface area contributed by atoms with Crippen molar-refractivity contribution >= 4 is 0 Å². The maximum atomic E-state index is 15.1. The second-order valence-electron chi connectivity index (χ2n) is 9.84. The number of ether oxygens (including phenoxy) is 1. The van der Waals surface area contributed by atoms with Crippen LogP contribution in [0.25, 0.3) is 22.3 Å². The van der Waals surface area contributed by atoms with Gasteiger partial charge in [0.05, 0.1) is 12.7 Å². The predicted octanol–water partition coefficient (Wildman–Crippen LogP) is 9.57. The number of hydrogen-bond donors (Lipinski definition) is 0. The minimum absolute atomic E-state index is 0.0586. The van der Waals surface area contributed by atoms with Gasteiger partial charge in [0.1, 0.15) is 5.82 Å². The number of halogens is 3. The van der Waals surface area contributed by atoms with Crippen molar-refractivity contribution < 1.29 is 17.9 Å². The van der Waals surface area contributed by atoms with E-state index in [4.69, 9.17) is 4.74 Å². The van der Waals surface area contributed by atoms with Crippen molar-refractivity contribution in [3.8, 4) is 22.3 Å². The van der Waals surface area contributed by atoms with Crippen LogP contribution < -0.4 is 0 Å².